The second kappa shape index (κ2) is 4.41. The molecule has 92 valence electrons. The van der Waals surface area contributed by atoms with Crippen molar-refractivity contribution in [2.45, 2.75) is 18.7 Å². The fourth-order valence-electron chi connectivity index (χ4n) is 2.20. The molecule has 1 N–H and O–H groups in total. The summed E-state index contributed by atoms with van der Waals surface area (Å²) in [5.74, 6) is 0.0561. The molecule has 0 saturated heterocycles. The van der Waals surface area contributed by atoms with Crippen LogP contribution in [-0.4, -0.2) is 5.91 Å². The average molecular weight is 278 g/mol. The second-order valence-corrected chi connectivity index (χ2v) is 5.86. The number of halogens is 1. The quantitative estimate of drug-likeness (QED) is 0.830. The Morgan fingerprint density at radius 3 is 2.94 bits per heavy atom. The van der Waals surface area contributed by atoms with Gasteiger partial charge in [0, 0.05) is 10.6 Å². The van der Waals surface area contributed by atoms with Gasteiger partial charge in [0.05, 0.1) is 11.8 Å². The highest BCUT2D eigenvalue weighted by Gasteiger charge is 2.21. The van der Waals surface area contributed by atoms with E-state index in [1.54, 1.807) is 11.3 Å². The first-order chi connectivity index (χ1) is 8.65. The van der Waals surface area contributed by atoms with E-state index in [9.17, 15) is 4.79 Å². The van der Waals surface area contributed by atoms with E-state index in [2.05, 4.69) is 23.7 Å². The molecule has 4 heteroatoms. The van der Waals surface area contributed by atoms with E-state index in [-0.39, 0.29) is 11.3 Å². The zero-order chi connectivity index (χ0) is 12.7. The zero-order valence-electron chi connectivity index (χ0n) is 9.87. The van der Waals surface area contributed by atoms with Gasteiger partial charge in [-0.2, -0.15) is 0 Å². The maximum absolute atomic E-state index is 11.3. The minimum absolute atomic E-state index is 0.0561. The molecule has 1 amide bonds. The van der Waals surface area contributed by atoms with Crippen LogP contribution < -0.4 is 5.32 Å². The van der Waals surface area contributed by atoms with Gasteiger partial charge in [0.1, 0.15) is 0 Å². The maximum Gasteiger partial charge on any atom is 0.228 e. The number of aryl methyl sites for hydroxylation is 1. The average Bonchev–Trinajstić information content (AvgIpc) is 2.91. The third kappa shape index (κ3) is 1.93. The monoisotopic (exact) mass is 277 g/mol. The Morgan fingerprint density at radius 1 is 1.39 bits per heavy atom. The molecular weight excluding hydrogens is 266 g/mol. The number of carbonyl (C=O) groups is 1. The predicted octanol–water partition coefficient (Wildman–Crippen LogP) is 3.88. The molecular formula is C14H12ClNOS. The molecule has 0 fully saturated rings. The first-order valence-corrected chi connectivity index (χ1v) is 7.07. The van der Waals surface area contributed by atoms with Gasteiger partial charge in [0.15, 0.2) is 0 Å². The maximum atomic E-state index is 11.3. The number of amides is 1. The van der Waals surface area contributed by atoms with Gasteiger partial charge in [0.2, 0.25) is 5.91 Å². The van der Waals surface area contributed by atoms with Crippen LogP contribution in [0.25, 0.3) is 0 Å². The molecule has 0 radical (unpaired) electrons. The molecule has 2 aromatic rings. The third-order valence-corrected chi connectivity index (χ3v) is 4.86. The number of fused-ring (bicyclic) bond motifs is 1. The van der Waals surface area contributed by atoms with Crippen molar-refractivity contribution in [3.8, 4) is 0 Å². The lowest BCUT2D eigenvalue weighted by Crippen LogP contribution is -2.03. The molecule has 1 aromatic heterocycles. The van der Waals surface area contributed by atoms with Crippen LogP contribution >= 0.6 is 22.9 Å². The van der Waals surface area contributed by atoms with Gasteiger partial charge in [-0.3, -0.25) is 4.79 Å². The Hall–Kier alpha value is -1.32. The molecule has 0 bridgehead atoms. The van der Waals surface area contributed by atoms with Crippen LogP contribution in [0.15, 0.2) is 29.6 Å². The first kappa shape index (κ1) is 11.8. The summed E-state index contributed by atoms with van der Waals surface area (Å²) in [5, 5.41) is 4.75. The summed E-state index contributed by atoms with van der Waals surface area (Å²) in [6.45, 7) is 2.07. The van der Waals surface area contributed by atoms with E-state index < -0.39 is 0 Å². The van der Waals surface area contributed by atoms with Crippen molar-refractivity contribution < 1.29 is 4.79 Å². The van der Waals surface area contributed by atoms with E-state index >= 15 is 0 Å². The summed E-state index contributed by atoms with van der Waals surface area (Å²) >= 11 is 8.19. The van der Waals surface area contributed by atoms with E-state index in [1.807, 2.05) is 18.2 Å². The fraction of sp³-hybridized carbons (Fsp3) is 0.214. The minimum Gasteiger partial charge on any atom is -0.326 e. The normalized spacial score (nSPS) is 15.3. The number of carbonyl (C=O) groups excluding carboxylic acids is 1. The zero-order valence-corrected chi connectivity index (χ0v) is 11.4. The summed E-state index contributed by atoms with van der Waals surface area (Å²) in [4.78, 5) is 12.5. The summed E-state index contributed by atoms with van der Waals surface area (Å²) in [6, 6.07) is 8.03. The molecule has 1 aromatic carbocycles. The highest BCUT2D eigenvalue weighted by Crippen LogP contribution is 2.36. The van der Waals surface area contributed by atoms with Crippen molar-refractivity contribution in [1.29, 1.82) is 0 Å². The van der Waals surface area contributed by atoms with E-state index in [1.165, 1.54) is 10.4 Å². The number of nitrogens with one attached hydrogen (secondary N) is 1. The van der Waals surface area contributed by atoms with Crippen molar-refractivity contribution in [2.24, 2.45) is 0 Å². The molecule has 18 heavy (non-hydrogen) atoms. The van der Waals surface area contributed by atoms with Crippen molar-refractivity contribution in [3.63, 3.8) is 0 Å². The number of benzene rings is 1. The molecule has 1 aliphatic heterocycles. The lowest BCUT2D eigenvalue weighted by molar-refractivity contribution is -0.115. The first-order valence-electron chi connectivity index (χ1n) is 5.76. The highest BCUT2D eigenvalue weighted by molar-refractivity contribution is 7.10. The van der Waals surface area contributed by atoms with Crippen LogP contribution in [-0.2, 0) is 11.2 Å². The topological polar surface area (TPSA) is 29.1 Å². The van der Waals surface area contributed by atoms with Gasteiger partial charge >= 0.3 is 0 Å². The van der Waals surface area contributed by atoms with Gasteiger partial charge in [-0.15, -0.1) is 22.9 Å². The lowest BCUT2D eigenvalue weighted by Gasteiger charge is -2.11. The number of hydrogen-bond donors (Lipinski definition) is 1. The Kier molecular flexibility index (Phi) is 2.88. The SMILES string of the molecule is Cc1ccsc1C(Cl)c1ccc2c(c1)CC(=O)N2. The van der Waals surface area contributed by atoms with Crippen LogP contribution in [0.2, 0.25) is 0 Å². The summed E-state index contributed by atoms with van der Waals surface area (Å²) in [6.07, 6.45) is 0.455. The smallest absolute Gasteiger partial charge is 0.228 e. The summed E-state index contributed by atoms with van der Waals surface area (Å²) in [7, 11) is 0. The summed E-state index contributed by atoms with van der Waals surface area (Å²) in [5.41, 5.74) is 4.22. The van der Waals surface area contributed by atoms with E-state index in [0.29, 0.717) is 6.42 Å². The number of rotatable bonds is 2. The molecule has 2 heterocycles. The van der Waals surface area contributed by atoms with Crippen LogP contribution in [0.5, 0.6) is 0 Å². The highest BCUT2D eigenvalue weighted by atomic mass is 35.5. The van der Waals surface area contributed by atoms with Crippen molar-refractivity contribution in [2.75, 3.05) is 5.32 Å². The lowest BCUT2D eigenvalue weighted by atomic mass is 10.0. The van der Waals surface area contributed by atoms with Crippen LogP contribution in [0.4, 0.5) is 5.69 Å². The molecule has 2 nitrogen and oxygen atoms in total. The molecule has 1 atom stereocenters. The van der Waals surface area contributed by atoms with Crippen LogP contribution in [0, 0.1) is 6.92 Å². The Balaban J connectivity index is 1.97. The van der Waals surface area contributed by atoms with Gasteiger partial charge in [-0.1, -0.05) is 12.1 Å². The van der Waals surface area contributed by atoms with Gasteiger partial charge in [-0.05, 0) is 41.1 Å². The van der Waals surface area contributed by atoms with Crippen molar-refractivity contribution in [3.05, 3.63) is 51.2 Å². The number of alkyl halides is 1. The largest absolute Gasteiger partial charge is 0.326 e. The van der Waals surface area contributed by atoms with E-state index in [0.717, 1.165) is 16.8 Å². The third-order valence-electron chi connectivity index (χ3n) is 3.18. The molecule has 0 spiro atoms. The summed E-state index contributed by atoms with van der Waals surface area (Å²) < 4.78 is 0. The molecule has 3 rings (SSSR count). The minimum atomic E-state index is -0.133. The predicted molar refractivity (Wildman–Crippen MR) is 75.5 cm³/mol. The Bertz CT molecular complexity index is 620. The van der Waals surface area contributed by atoms with Crippen molar-refractivity contribution in [1.82, 2.24) is 0 Å². The molecule has 0 aliphatic carbocycles. The number of thiophene rings is 1. The number of hydrogen-bond acceptors (Lipinski definition) is 2. The van der Waals surface area contributed by atoms with Crippen molar-refractivity contribution >= 4 is 34.5 Å². The second-order valence-electron chi connectivity index (χ2n) is 4.47. The van der Waals surface area contributed by atoms with Gasteiger partial charge < -0.3 is 5.32 Å². The van der Waals surface area contributed by atoms with E-state index in [4.69, 9.17) is 11.6 Å². The van der Waals surface area contributed by atoms with Crippen LogP contribution in [0.1, 0.15) is 26.9 Å². The molecule has 1 unspecified atom stereocenters. The number of anilines is 1. The Morgan fingerprint density at radius 2 is 2.22 bits per heavy atom. The molecule has 1 aliphatic rings. The van der Waals surface area contributed by atoms with Crippen LogP contribution in [0.3, 0.4) is 0 Å². The van der Waals surface area contributed by atoms with Gasteiger partial charge in [-0.25, -0.2) is 0 Å². The standard InChI is InChI=1S/C14H12ClNOS/c1-8-4-5-18-14(8)13(15)9-2-3-11-10(6-9)7-12(17)16-11/h2-6,13H,7H2,1H3,(H,16,17). The van der Waals surface area contributed by atoms with Gasteiger partial charge in [0.25, 0.3) is 0 Å². The molecule has 0 saturated carbocycles. The fourth-order valence-corrected chi connectivity index (χ4v) is 3.59. The Labute approximate surface area is 115 Å².